The third-order valence-corrected chi connectivity index (χ3v) is 9.25. The number of aromatic nitrogens is 1. The minimum absolute atomic E-state index is 0.0734. The largest absolute Gasteiger partial charge is 0.456 e. The molecule has 0 amide bonds. The molecule has 8 aromatic rings. The molecule has 1 aliphatic rings. The Balaban J connectivity index is 1.21. The zero-order valence-electron chi connectivity index (χ0n) is 24.9. The summed E-state index contributed by atoms with van der Waals surface area (Å²) < 4.78 is 8.66. The van der Waals surface area contributed by atoms with Gasteiger partial charge in [-0.3, -0.25) is 0 Å². The van der Waals surface area contributed by atoms with Gasteiger partial charge in [0.2, 0.25) is 0 Å². The second-order valence-electron chi connectivity index (χ2n) is 11.8. The van der Waals surface area contributed by atoms with Crippen LogP contribution in [0.3, 0.4) is 0 Å². The number of fused-ring (bicyclic) bond motifs is 7. The Hall–Kier alpha value is -5.80. The molecule has 1 atom stereocenters. The normalized spacial score (nSPS) is 15.2. The van der Waals surface area contributed by atoms with E-state index in [0.29, 0.717) is 0 Å². The molecule has 214 valence electrons. The summed E-state index contributed by atoms with van der Waals surface area (Å²) in [6.07, 6.45) is 2.37. The third kappa shape index (κ3) is 4.05. The lowest BCUT2D eigenvalue weighted by Crippen LogP contribution is -2.23. The van der Waals surface area contributed by atoms with Gasteiger partial charge in [-0.15, -0.1) is 0 Å². The fraction of sp³-hybridized carbons (Fsp3) is 0.0476. The van der Waals surface area contributed by atoms with Crippen LogP contribution in [0, 0.1) is 0 Å². The molecule has 0 fully saturated rings. The molecule has 0 saturated heterocycles. The zero-order valence-corrected chi connectivity index (χ0v) is 24.9. The van der Waals surface area contributed by atoms with Gasteiger partial charge in [0.15, 0.2) is 0 Å². The van der Waals surface area contributed by atoms with E-state index >= 15 is 0 Å². The molecule has 1 aliphatic heterocycles. The molecule has 2 aromatic heterocycles. The highest BCUT2D eigenvalue weighted by Crippen LogP contribution is 2.42. The van der Waals surface area contributed by atoms with Crippen molar-refractivity contribution in [3.8, 4) is 5.69 Å². The maximum atomic E-state index is 6.27. The lowest BCUT2D eigenvalue weighted by Gasteiger charge is -2.29. The summed E-state index contributed by atoms with van der Waals surface area (Å²) in [7, 11) is 0. The average molecular weight is 579 g/mol. The van der Waals surface area contributed by atoms with Crippen molar-refractivity contribution in [3.63, 3.8) is 0 Å². The number of nitrogens with one attached hydrogen (secondary N) is 1. The van der Waals surface area contributed by atoms with Gasteiger partial charge in [-0.25, -0.2) is 0 Å². The number of rotatable bonds is 4. The van der Waals surface area contributed by atoms with E-state index in [2.05, 4.69) is 162 Å². The molecular weight excluding hydrogens is 548 g/mol. The van der Waals surface area contributed by atoms with Crippen LogP contribution in [0.4, 0.5) is 0 Å². The Morgan fingerprint density at radius 3 is 2.04 bits per heavy atom. The lowest BCUT2D eigenvalue weighted by atomic mass is 9.88. The Morgan fingerprint density at radius 2 is 1.24 bits per heavy atom. The van der Waals surface area contributed by atoms with E-state index in [1.807, 2.05) is 6.07 Å². The molecule has 3 nitrogen and oxygen atoms in total. The summed E-state index contributed by atoms with van der Waals surface area (Å²) in [6, 6.07) is 51.8. The summed E-state index contributed by atoms with van der Waals surface area (Å²) >= 11 is 0. The van der Waals surface area contributed by atoms with Gasteiger partial charge in [0.1, 0.15) is 11.2 Å². The first-order valence-electron chi connectivity index (χ1n) is 15.5. The zero-order chi connectivity index (χ0) is 29.9. The lowest BCUT2D eigenvalue weighted by molar-refractivity contribution is 0.669. The first kappa shape index (κ1) is 25.7. The summed E-state index contributed by atoms with van der Waals surface area (Å²) in [5, 5.41) is 8.61. The molecule has 1 unspecified atom stereocenters. The first-order chi connectivity index (χ1) is 22.2. The van der Waals surface area contributed by atoms with Crippen molar-refractivity contribution in [2.45, 2.75) is 13.0 Å². The van der Waals surface area contributed by atoms with Crippen molar-refractivity contribution in [1.82, 2.24) is 9.88 Å². The van der Waals surface area contributed by atoms with Crippen LogP contribution in [0.1, 0.15) is 29.7 Å². The highest BCUT2D eigenvalue weighted by atomic mass is 16.3. The van der Waals surface area contributed by atoms with E-state index in [1.54, 1.807) is 0 Å². The van der Waals surface area contributed by atoms with Crippen molar-refractivity contribution in [1.29, 1.82) is 0 Å². The monoisotopic (exact) mass is 578 g/mol. The second kappa shape index (κ2) is 10.1. The summed E-state index contributed by atoms with van der Waals surface area (Å²) in [5.41, 5.74) is 12.7. The van der Waals surface area contributed by atoms with Gasteiger partial charge in [0.25, 0.3) is 0 Å². The standard InChI is InChI=1S/C42H30N2O/c1-27-34(26-35(29-12-4-2-5-13-29)43-42(27)30-14-6-3-7-15-30)28-20-22-31(23-21-28)44-36-18-10-8-16-32(36)40-37(44)24-25-39-41(40)33-17-9-11-19-38(33)45-39/h2-26,35,43H,1H3. The van der Waals surface area contributed by atoms with Crippen molar-refractivity contribution in [2.75, 3.05) is 0 Å². The van der Waals surface area contributed by atoms with E-state index in [0.717, 1.165) is 22.2 Å². The van der Waals surface area contributed by atoms with Crippen LogP contribution in [0.15, 0.2) is 162 Å². The van der Waals surface area contributed by atoms with Crippen molar-refractivity contribution in [2.24, 2.45) is 0 Å². The maximum absolute atomic E-state index is 6.27. The van der Waals surface area contributed by atoms with Gasteiger partial charge in [-0.05, 0) is 77.2 Å². The third-order valence-electron chi connectivity index (χ3n) is 9.25. The number of hydrogen-bond acceptors (Lipinski definition) is 2. The number of para-hydroxylation sites is 2. The van der Waals surface area contributed by atoms with Gasteiger partial charge in [0, 0.05) is 32.9 Å². The molecule has 0 saturated carbocycles. The molecule has 0 spiro atoms. The minimum atomic E-state index is 0.0734. The SMILES string of the molecule is CC1=C(c2ccccc2)NC(c2ccccc2)C=C1c1ccc(-n2c3ccccc3c3c4c(ccc32)oc2ccccc24)cc1. The number of furan rings is 1. The maximum Gasteiger partial charge on any atom is 0.136 e. The quantitative estimate of drug-likeness (QED) is 0.225. The van der Waals surface area contributed by atoms with E-state index in [9.17, 15) is 0 Å². The number of dihydropyridines is 1. The minimum Gasteiger partial charge on any atom is -0.456 e. The average Bonchev–Trinajstić information content (AvgIpc) is 3.65. The summed E-state index contributed by atoms with van der Waals surface area (Å²) in [4.78, 5) is 0. The molecule has 0 radical (unpaired) electrons. The molecule has 0 aliphatic carbocycles. The number of benzene rings is 6. The van der Waals surface area contributed by atoms with Gasteiger partial charge >= 0.3 is 0 Å². The van der Waals surface area contributed by atoms with Crippen LogP contribution >= 0.6 is 0 Å². The Bertz CT molecular complexity index is 2440. The highest BCUT2D eigenvalue weighted by Gasteiger charge is 2.23. The van der Waals surface area contributed by atoms with Crippen molar-refractivity contribution < 1.29 is 4.42 Å². The van der Waals surface area contributed by atoms with E-state index in [-0.39, 0.29) is 6.04 Å². The summed E-state index contributed by atoms with van der Waals surface area (Å²) in [5.74, 6) is 0. The van der Waals surface area contributed by atoms with Gasteiger partial charge in [-0.2, -0.15) is 0 Å². The predicted molar refractivity (Wildman–Crippen MR) is 187 cm³/mol. The van der Waals surface area contributed by atoms with E-state index < -0.39 is 0 Å². The topological polar surface area (TPSA) is 30.1 Å². The van der Waals surface area contributed by atoms with Gasteiger partial charge in [0.05, 0.1) is 17.1 Å². The first-order valence-corrected chi connectivity index (χ1v) is 15.5. The fourth-order valence-corrected chi connectivity index (χ4v) is 7.13. The van der Waals surface area contributed by atoms with Crippen LogP contribution in [0.5, 0.6) is 0 Å². The van der Waals surface area contributed by atoms with E-state index in [1.165, 1.54) is 60.7 Å². The summed E-state index contributed by atoms with van der Waals surface area (Å²) in [6.45, 7) is 2.23. The second-order valence-corrected chi connectivity index (χ2v) is 11.8. The van der Waals surface area contributed by atoms with Crippen LogP contribution in [0.25, 0.3) is 60.7 Å². The smallest absolute Gasteiger partial charge is 0.136 e. The van der Waals surface area contributed by atoms with Crippen LogP contribution in [-0.4, -0.2) is 4.57 Å². The predicted octanol–water partition coefficient (Wildman–Crippen LogP) is 10.8. The van der Waals surface area contributed by atoms with Crippen molar-refractivity contribution >= 4 is 55.0 Å². The van der Waals surface area contributed by atoms with E-state index in [4.69, 9.17) is 4.42 Å². The molecule has 6 aromatic carbocycles. The van der Waals surface area contributed by atoms with Crippen molar-refractivity contribution in [3.05, 3.63) is 174 Å². The molecule has 3 heterocycles. The molecular formula is C42H30N2O. The number of nitrogens with zero attached hydrogens (tertiary/aromatic N) is 1. The molecule has 1 N–H and O–H groups in total. The molecule has 45 heavy (non-hydrogen) atoms. The number of allylic oxidation sites excluding steroid dienone is 2. The molecule has 9 rings (SSSR count). The van der Waals surface area contributed by atoms with Gasteiger partial charge in [-0.1, -0.05) is 109 Å². The Morgan fingerprint density at radius 1 is 0.556 bits per heavy atom. The Kier molecular flexibility index (Phi) is 5.79. The van der Waals surface area contributed by atoms with Gasteiger partial charge < -0.3 is 14.3 Å². The Labute approximate surface area is 261 Å². The van der Waals surface area contributed by atoms with Crippen LogP contribution < -0.4 is 5.32 Å². The fourth-order valence-electron chi connectivity index (χ4n) is 7.13. The molecule has 3 heteroatoms. The van der Waals surface area contributed by atoms with Crippen LogP contribution in [0.2, 0.25) is 0 Å². The molecule has 0 bridgehead atoms. The van der Waals surface area contributed by atoms with Crippen LogP contribution in [-0.2, 0) is 0 Å². The highest BCUT2D eigenvalue weighted by molar-refractivity contribution is 6.27. The number of hydrogen-bond donors (Lipinski definition) is 1.